The molecule has 1 rings (SSSR count). The molecule has 3 heteroatoms. The second-order valence-electron chi connectivity index (χ2n) is 2.56. The number of H-pyrrole nitrogens is 1. The molecule has 0 fully saturated rings. The molecule has 0 amide bonds. The summed E-state index contributed by atoms with van der Waals surface area (Å²) >= 11 is 0. The van der Waals surface area contributed by atoms with Gasteiger partial charge in [-0.05, 0) is 18.1 Å². The van der Waals surface area contributed by atoms with Gasteiger partial charge in [-0.2, -0.15) is 0 Å². The van der Waals surface area contributed by atoms with Gasteiger partial charge < -0.3 is 10.7 Å². The molecular formula is C8H12N2O. The van der Waals surface area contributed by atoms with E-state index in [-0.39, 0.29) is 5.56 Å². The maximum atomic E-state index is 10.9. The third kappa shape index (κ3) is 2.11. The topological polar surface area (TPSA) is 58.9 Å². The number of pyridine rings is 1. The van der Waals surface area contributed by atoms with Crippen LogP contribution in [0.25, 0.3) is 0 Å². The number of nitrogen functional groups attached to an aromatic ring is 1. The first kappa shape index (κ1) is 7.85. The molecule has 0 aliphatic heterocycles. The minimum absolute atomic E-state index is 0.117. The quantitative estimate of drug-likeness (QED) is 0.661. The van der Waals surface area contributed by atoms with Crippen molar-refractivity contribution in [2.24, 2.45) is 0 Å². The monoisotopic (exact) mass is 152 g/mol. The summed E-state index contributed by atoms with van der Waals surface area (Å²) in [5, 5.41) is 0. The number of hydrogen-bond donors (Lipinski definition) is 2. The molecule has 1 aromatic heterocycles. The lowest BCUT2D eigenvalue weighted by Crippen LogP contribution is -2.08. The van der Waals surface area contributed by atoms with E-state index < -0.39 is 0 Å². The van der Waals surface area contributed by atoms with Gasteiger partial charge in [0, 0.05) is 6.07 Å². The van der Waals surface area contributed by atoms with E-state index in [4.69, 9.17) is 5.73 Å². The van der Waals surface area contributed by atoms with E-state index in [9.17, 15) is 4.79 Å². The van der Waals surface area contributed by atoms with Gasteiger partial charge in [0.1, 0.15) is 5.82 Å². The molecule has 0 atom stereocenters. The van der Waals surface area contributed by atoms with E-state index in [2.05, 4.69) is 11.9 Å². The summed E-state index contributed by atoms with van der Waals surface area (Å²) in [6.07, 6.45) is 1.94. The summed E-state index contributed by atoms with van der Waals surface area (Å²) in [4.78, 5) is 13.3. The highest BCUT2D eigenvalue weighted by molar-refractivity contribution is 5.31. The Kier molecular flexibility index (Phi) is 2.31. The van der Waals surface area contributed by atoms with Gasteiger partial charge in [-0.3, -0.25) is 4.79 Å². The van der Waals surface area contributed by atoms with Crippen molar-refractivity contribution in [3.8, 4) is 0 Å². The van der Waals surface area contributed by atoms with Crippen LogP contribution >= 0.6 is 0 Å². The van der Waals surface area contributed by atoms with Gasteiger partial charge >= 0.3 is 0 Å². The molecule has 0 aliphatic rings. The number of hydrogen-bond acceptors (Lipinski definition) is 2. The zero-order valence-corrected chi connectivity index (χ0v) is 6.55. The second kappa shape index (κ2) is 3.23. The number of aryl methyl sites for hydroxylation is 1. The van der Waals surface area contributed by atoms with Crippen molar-refractivity contribution in [3.05, 3.63) is 28.0 Å². The van der Waals surface area contributed by atoms with E-state index >= 15 is 0 Å². The van der Waals surface area contributed by atoms with Crippen LogP contribution in [0.5, 0.6) is 0 Å². The lowest BCUT2D eigenvalue weighted by molar-refractivity contribution is 0.916. The van der Waals surface area contributed by atoms with E-state index in [1.807, 2.05) is 0 Å². The molecule has 3 nitrogen and oxygen atoms in total. The Hall–Kier alpha value is -1.25. The Labute approximate surface area is 65.2 Å². The molecule has 0 saturated carbocycles. The fourth-order valence-electron chi connectivity index (χ4n) is 1.06. The number of aromatic amines is 1. The highest BCUT2D eigenvalue weighted by atomic mass is 16.1. The lowest BCUT2D eigenvalue weighted by atomic mass is 10.1. The van der Waals surface area contributed by atoms with Gasteiger partial charge in [-0.15, -0.1) is 0 Å². The smallest absolute Gasteiger partial charge is 0.249 e. The first-order valence-corrected chi connectivity index (χ1v) is 3.71. The molecule has 0 spiro atoms. The maximum absolute atomic E-state index is 10.9. The van der Waals surface area contributed by atoms with Gasteiger partial charge in [0.2, 0.25) is 5.56 Å². The number of nitrogens with two attached hydrogens (primary N) is 1. The molecule has 0 aromatic carbocycles. The van der Waals surface area contributed by atoms with Crippen LogP contribution in [0, 0.1) is 0 Å². The Balaban J connectivity index is 2.99. The van der Waals surface area contributed by atoms with Crippen LogP contribution in [0.4, 0.5) is 5.82 Å². The van der Waals surface area contributed by atoms with Crippen molar-refractivity contribution in [3.63, 3.8) is 0 Å². The zero-order chi connectivity index (χ0) is 8.27. The third-order valence-electron chi connectivity index (χ3n) is 1.46. The third-order valence-corrected chi connectivity index (χ3v) is 1.46. The normalized spacial score (nSPS) is 9.91. The maximum Gasteiger partial charge on any atom is 0.249 e. The Morgan fingerprint density at radius 2 is 2.27 bits per heavy atom. The molecule has 0 radical (unpaired) electrons. The fraction of sp³-hybridized carbons (Fsp3) is 0.375. The summed E-state index contributed by atoms with van der Waals surface area (Å²) in [5.41, 5.74) is 6.33. The second-order valence-corrected chi connectivity index (χ2v) is 2.56. The summed E-state index contributed by atoms with van der Waals surface area (Å²) in [5.74, 6) is 0.445. The van der Waals surface area contributed by atoms with Crippen molar-refractivity contribution in [1.29, 1.82) is 0 Å². The highest BCUT2D eigenvalue weighted by Crippen LogP contribution is 2.02. The molecule has 0 saturated heterocycles. The largest absolute Gasteiger partial charge is 0.385 e. The SMILES string of the molecule is CCCc1cc(N)[nH]c(=O)c1. The van der Waals surface area contributed by atoms with Crippen LogP contribution in [0.2, 0.25) is 0 Å². The molecule has 1 aromatic rings. The molecule has 11 heavy (non-hydrogen) atoms. The molecule has 0 unspecified atom stereocenters. The molecule has 0 bridgehead atoms. The van der Waals surface area contributed by atoms with E-state index in [1.54, 1.807) is 12.1 Å². The first-order chi connectivity index (χ1) is 5.22. The van der Waals surface area contributed by atoms with Gasteiger partial charge in [0.05, 0.1) is 0 Å². The summed E-state index contributed by atoms with van der Waals surface area (Å²) in [7, 11) is 0. The van der Waals surface area contributed by atoms with Crippen molar-refractivity contribution in [2.45, 2.75) is 19.8 Å². The Morgan fingerprint density at radius 3 is 2.82 bits per heavy atom. The number of aromatic nitrogens is 1. The van der Waals surface area contributed by atoms with Crippen LogP contribution in [0.15, 0.2) is 16.9 Å². The van der Waals surface area contributed by atoms with E-state index in [0.29, 0.717) is 5.82 Å². The van der Waals surface area contributed by atoms with Gasteiger partial charge in [-0.1, -0.05) is 13.3 Å². The molecule has 3 N–H and O–H groups in total. The van der Waals surface area contributed by atoms with E-state index in [1.165, 1.54) is 0 Å². The molecule has 60 valence electrons. The van der Waals surface area contributed by atoms with Crippen molar-refractivity contribution >= 4 is 5.82 Å². The average Bonchev–Trinajstić information content (AvgIpc) is 1.85. The average molecular weight is 152 g/mol. The Bertz CT molecular complexity index is 290. The first-order valence-electron chi connectivity index (χ1n) is 3.71. The van der Waals surface area contributed by atoms with Crippen LogP contribution in [0.3, 0.4) is 0 Å². The predicted octanol–water partition coefficient (Wildman–Crippen LogP) is 0.910. The Morgan fingerprint density at radius 1 is 1.55 bits per heavy atom. The van der Waals surface area contributed by atoms with E-state index in [0.717, 1.165) is 18.4 Å². The summed E-state index contributed by atoms with van der Waals surface area (Å²) in [6.45, 7) is 2.07. The zero-order valence-electron chi connectivity index (χ0n) is 6.55. The highest BCUT2D eigenvalue weighted by Gasteiger charge is 1.93. The summed E-state index contributed by atoms with van der Waals surface area (Å²) < 4.78 is 0. The number of anilines is 1. The predicted molar refractivity (Wildman–Crippen MR) is 45.5 cm³/mol. The summed E-state index contributed by atoms with van der Waals surface area (Å²) in [6, 6.07) is 3.38. The fourth-order valence-corrected chi connectivity index (χ4v) is 1.06. The number of nitrogens with one attached hydrogen (secondary N) is 1. The molecular weight excluding hydrogens is 140 g/mol. The number of rotatable bonds is 2. The van der Waals surface area contributed by atoms with Crippen molar-refractivity contribution in [2.75, 3.05) is 5.73 Å². The van der Waals surface area contributed by atoms with Crippen LogP contribution in [0.1, 0.15) is 18.9 Å². The lowest BCUT2D eigenvalue weighted by Gasteiger charge is -1.97. The van der Waals surface area contributed by atoms with Gasteiger partial charge in [-0.25, -0.2) is 0 Å². The standard InChI is InChI=1S/C8H12N2O/c1-2-3-6-4-7(9)10-8(11)5-6/h4-5H,2-3H2,1H3,(H3,9,10,11). The minimum atomic E-state index is -0.117. The van der Waals surface area contributed by atoms with Crippen LogP contribution < -0.4 is 11.3 Å². The van der Waals surface area contributed by atoms with Crippen LogP contribution in [-0.4, -0.2) is 4.98 Å². The van der Waals surface area contributed by atoms with Gasteiger partial charge in [0.15, 0.2) is 0 Å². The van der Waals surface area contributed by atoms with Crippen molar-refractivity contribution < 1.29 is 0 Å². The molecule has 0 aliphatic carbocycles. The minimum Gasteiger partial charge on any atom is -0.385 e. The van der Waals surface area contributed by atoms with Gasteiger partial charge in [0.25, 0.3) is 0 Å². The van der Waals surface area contributed by atoms with Crippen LogP contribution in [-0.2, 0) is 6.42 Å². The van der Waals surface area contributed by atoms with Crippen molar-refractivity contribution in [1.82, 2.24) is 4.98 Å². The molecule has 1 heterocycles.